The highest BCUT2D eigenvalue weighted by molar-refractivity contribution is 5.84. The van der Waals surface area contributed by atoms with E-state index in [4.69, 9.17) is 16.5 Å². The minimum absolute atomic E-state index is 0.0808. The van der Waals surface area contributed by atoms with Crippen molar-refractivity contribution in [2.24, 2.45) is 5.73 Å². The first-order chi connectivity index (χ1) is 13.1. The summed E-state index contributed by atoms with van der Waals surface area (Å²) in [6.07, 6.45) is 7.20. The lowest BCUT2D eigenvalue weighted by molar-refractivity contribution is 0.591. The second-order valence-corrected chi connectivity index (χ2v) is 8.47. The van der Waals surface area contributed by atoms with Crippen LogP contribution in [-0.4, -0.2) is 9.55 Å². The molecular formula is C24H30N4. The molecule has 0 aliphatic rings. The molecule has 1 heterocycles. The van der Waals surface area contributed by atoms with E-state index in [0.717, 1.165) is 28.2 Å². The monoisotopic (exact) mass is 374 g/mol. The number of aryl methyl sites for hydroxylation is 3. The van der Waals surface area contributed by atoms with Gasteiger partial charge in [0.1, 0.15) is 5.82 Å². The summed E-state index contributed by atoms with van der Waals surface area (Å²) in [5, 5.41) is 0. The summed E-state index contributed by atoms with van der Waals surface area (Å²) in [5.41, 5.74) is 20.8. The van der Waals surface area contributed by atoms with Crippen LogP contribution in [0.2, 0.25) is 0 Å². The summed E-state index contributed by atoms with van der Waals surface area (Å²) in [7, 11) is 0. The zero-order chi connectivity index (χ0) is 20.6. The smallest absolute Gasteiger partial charge is 0.146 e. The molecule has 4 nitrogen and oxygen atoms in total. The molecule has 0 saturated carbocycles. The number of benzene rings is 2. The fourth-order valence-corrected chi connectivity index (χ4v) is 3.97. The molecule has 2 aromatic carbocycles. The fraction of sp³-hybridized carbons (Fsp3) is 0.292. The van der Waals surface area contributed by atoms with Crippen molar-refractivity contribution in [2.75, 3.05) is 5.73 Å². The Hall–Kier alpha value is -3.01. The lowest BCUT2D eigenvalue weighted by Gasteiger charge is -2.26. The van der Waals surface area contributed by atoms with Gasteiger partial charge in [-0.05, 0) is 60.7 Å². The minimum Gasteiger partial charge on any atom is -0.405 e. The van der Waals surface area contributed by atoms with Crippen LogP contribution in [0.4, 0.5) is 5.69 Å². The number of aromatic nitrogens is 2. The van der Waals surface area contributed by atoms with Crippen LogP contribution >= 0.6 is 0 Å². The van der Waals surface area contributed by atoms with Crippen molar-refractivity contribution < 1.29 is 0 Å². The number of anilines is 1. The molecule has 1 aromatic heterocycles. The third-order valence-corrected chi connectivity index (χ3v) is 5.10. The van der Waals surface area contributed by atoms with Crippen LogP contribution in [0.3, 0.4) is 0 Å². The van der Waals surface area contributed by atoms with Crippen molar-refractivity contribution in [3.63, 3.8) is 0 Å². The third kappa shape index (κ3) is 3.42. The van der Waals surface area contributed by atoms with Gasteiger partial charge in [0, 0.05) is 18.0 Å². The average Bonchev–Trinajstić information content (AvgIpc) is 3.03. The molecule has 0 spiro atoms. The summed E-state index contributed by atoms with van der Waals surface area (Å²) >= 11 is 0. The van der Waals surface area contributed by atoms with Crippen molar-refractivity contribution in [2.45, 2.75) is 47.0 Å². The number of nitrogen functional groups attached to an aromatic ring is 1. The Morgan fingerprint density at radius 3 is 2.25 bits per heavy atom. The second-order valence-electron chi connectivity index (χ2n) is 8.47. The Morgan fingerprint density at radius 1 is 1.04 bits per heavy atom. The van der Waals surface area contributed by atoms with E-state index in [1.165, 1.54) is 22.9 Å². The van der Waals surface area contributed by atoms with Crippen LogP contribution in [0.5, 0.6) is 0 Å². The van der Waals surface area contributed by atoms with Crippen molar-refractivity contribution in [1.82, 2.24) is 9.55 Å². The Balaban J connectivity index is 2.36. The Kier molecular flexibility index (Phi) is 5.07. The number of nitrogens with zero attached hydrogens (tertiary/aromatic N) is 2. The second kappa shape index (κ2) is 7.19. The zero-order valence-electron chi connectivity index (χ0n) is 17.7. The molecule has 0 aliphatic carbocycles. The van der Waals surface area contributed by atoms with Gasteiger partial charge < -0.3 is 11.5 Å². The van der Waals surface area contributed by atoms with Crippen molar-refractivity contribution in [1.29, 1.82) is 0 Å². The van der Waals surface area contributed by atoms with Crippen LogP contribution in [0.25, 0.3) is 23.2 Å². The molecule has 4 heteroatoms. The molecule has 0 aliphatic heterocycles. The molecule has 0 radical (unpaired) electrons. The van der Waals surface area contributed by atoms with Gasteiger partial charge in [-0.15, -0.1) is 0 Å². The topological polar surface area (TPSA) is 69.9 Å². The van der Waals surface area contributed by atoms with Crippen molar-refractivity contribution in [3.8, 4) is 17.1 Å². The van der Waals surface area contributed by atoms with E-state index in [1.807, 2.05) is 24.5 Å². The maximum atomic E-state index is 6.65. The Bertz CT molecular complexity index is 1030. The molecule has 0 bridgehead atoms. The molecule has 0 atom stereocenters. The molecule has 28 heavy (non-hydrogen) atoms. The SMILES string of the molecule is Cc1cc(C)c(-n2ccnc2-c2c(C(C)(C)C)ccc(/C=C\N)c2N)c(C)c1. The molecule has 3 rings (SSSR count). The van der Waals surface area contributed by atoms with Gasteiger partial charge in [-0.1, -0.05) is 50.6 Å². The quantitative estimate of drug-likeness (QED) is 0.613. The van der Waals surface area contributed by atoms with Crippen LogP contribution < -0.4 is 11.5 Å². The van der Waals surface area contributed by atoms with Crippen LogP contribution in [0.15, 0.2) is 42.9 Å². The van der Waals surface area contributed by atoms with Crippen LogP contribution in [0.1, 0.15) is 48.6 Å². The van der Waals surface area contributed by atoms with E-state index in [2.05, 4.69) is 64.3 Å². The van der Waals surface area contributed by atoms with Gasteiger partial charge in [-0.25, -0.2) is 4.98 Å². The average molecular weight is 375 g/mol. The highest BCUT2D eigenvalue weighted by atomic mass is 15.1. The Labute approximate surface area is 167 Å². The summed E-state index contributed by atoms with van der Waals surface area (Å²) in [4.78, 5) is 4.73. The van der Waals surface area contributed by atoms with Gasteiger partial charge in [0.05, 0.1) is 11.4 Å². The predicted molar refractivity (Wildman–Crippen MR) is 120 cm³/mol. The first-order valence-electron chi connectivity index (χ1n) is 9.58. The summed E-state index contributed by atoms with van der Waals surface area (Å²) in [5.74, 6) is 0.852. The van der Waals surface area contributed by atoms with E-state index < -0.39 is 0 Å². The van der Waals surface area contributed by atoms with Crippen molar-refractivity contribution in [3.05, 3.63) is 70.7 Å². The standard InChI is InChI=1S/C24H30N4/c1-15-13-16(2)22(17(3)14-15)28-12-11-27-23(28)20-19(24(4,5)6)8-7-18(9-10-25)21(20)26/h7-14H,25-26H2,1-6H3/b10-9-. The van der Waals surface area contributed by atoms with E-state index in [9.17, 15) is 0 Å². The van der Waals surface area contributed by atoms with Crippen molar-refractivity contribution >= 4 is 11.8 Å². The largest absolute Gasteiger partial charge is 0.405 e. The summed E-state index contributed by atoms with van der Waals surface area (Å²) in [6, 6.07) is 8.56. The number of hydrogen-bond acceptors (Lipinski definition) is 3. The number of imidazole rings is 1. The van der Waals surface area contributed by atoms with Gasteiger partial charge in [-0.3, -0.25) is 4.57 Å². The fourth-order valence-electron chi connectivity index (χ4n) is 3.97. The minimum atomic E-state index is -0.0808. The van der Waals surface area contributed by atoms with E-state index >= 15 is 0 Å². The molecule has 0 saturated heterocycles. The number of hydrogen-bond donors (Lipinski definition) is 2. The summed E-state index contributed by atoms with van der Waals surface area (Å²) in [6.45, 7) is 13.0. The highest BCUT2D eigenvalue weighted by Gasteiger charge is 2.25. The van der Waals surface area contributed by atoms with Gasteiger partial charge in [-0.2, -0.15) is 0 Å². The van der Waals surface area contributed by atoms with Crippen LogP contribution in [-0.2, 0) is 5.41 Å². The molecular weight excluding hydrogens is 344 g/mol. The molecule has 146 valence electrons. The van der Waals surface area contributed by atoms with E-state index in [1.54, 1.807) is 0 Å². The third-order valence-electron chi connectivity index (χ3n) is 5.10. The van der Waals surface area contributed by atoms with Gasteiger partial charge >= 0.3 is 0 Å². The summed E-state index contributed by atoms with van der Waals surface area (Å²) < 4.78 is 2.15. The lowest BCUT2D eigenvalue weighted by Crippen LogP contribution is -2.16. The normalized spacial score (nSPS) is 12.1. The maximum absolute atomic E-state index is 6.65. The highest BCUT2D eigenvalue weighted by Crippen LogP contribution is 2.39. The lowest BCUT2D eigenvalue weighted by atomic mass is 9.82. The molecule has 3 aromatic rings. The Morgan fingerprint density at radius 2 is 1.68 bits per heavy atom. The predicted octanol–water partition coefficient (Wildman–Crippen LogP) is 5.27. The first kappa shape index (κ1) is 19.7. The molecule has 0 unspecified atom stereocenters. The van der Waals surface area contributed by atoms with Gasteiger partial charge in [0.15, 0.2) is 0 Å². The van der Waals surface area contributed by atoms with E-state index in [0.29, 0.717) is 5.69 Å². The van der Waals surface area contributed by atoms with E-state index in [-0.39, 0.29) is 5.41 Å². The molecule has 4 N–H and O–H groups in total. The first-order valence-corrected chi connectivity index (χ1v) is 9.58. The van der Waals surface area contributed by atoms with Gasteiger partial charge in [0.25, 0.3) is 0 Å². The number of nitrogens with two attached hydrogens (primary N) is 2. The maximum Gasteiger partial charge on any atom is 0.146 e. The zero-order valence-corrected chi connectivity index (χ0v) is 17.7. The number of rotatable bonds is 3. The molecule has 0 amide bonds. The van der Waals surface area contributed by atoms with Crippen LogP contribution in [0, 0.1) is 20.8 Å². The van der Waals surface area contributed by atoms with Gasteiger partial charge in [0.2, 0.25) is 0 Å². The molecule has 0 fully saturated rings.